The van der Waals surface area contributed by atoms with E-state index in [-0.39, 0.29) is 0 Å². The number of nitrogens with zero attached hydrogens (tertiary/aromatic N) is 2. The Bertz CT molecular complexity index is 347. The van der Waals surface area contributed by atoms with E-state index in [1.54, 1.807) is 0 Å². The molecule has 1 aliphatic carbocycles. The quantitative estimate of drug-likeness (QED) is 0.670. The van der Waals surface area contributed by atoms with Gasteiger partial charge in [0, 0.05) is 6.20 Å². The highest BCUT2D eigenvalue weighted by atomic mass is 16.6. The zero-order valence-corrected chi connectivity index (χ0v) is 8.36. The van der Waals surface area contributed by atoms with Crippen molar-refractivity contribution in [2.75, 3.05) is 6.61 Å². The van der Waals surface area contributed by atoms with Crippen LogP contribution < -0.4 is 0 Å². The van der Waals surface area contributed by atoms with Crippen LogP contribution in [0.25, 0.3) is 0 Å². The molecule has 0 aromatic carbocycles. The molecule has 0 saturated carbocycles. The number of oxime groups is 1. The summed E-state index contributed by atoms with van der Waals surface area (Å²) >= 11 is 0. The molecule has 3 heteroatoms. The zero-order valence-electron chi connectivity index (χ0n) is 8.36. The van der Waals surface area contributed by atoms with E-state index in [9.17, 15) is 0 Å². The highest BCUT2D eigenvalue weighted by molar-refractivity contribution is 6.00. The minimum atomic E-state index is 0.617. The maximum atomic E-state index is 5.08. The molecule has 1 aromatic rings. The lowest BCUT2D eigenvalue weighted by atomic mass is 9.95. The standard InChI is InChI=1S/C11H14N2O/c1-2-14-13-10-7-3-5-9-6-4-8-12-11(9)10/h4,6,8H,2-3,5,7H2,1H3/b13-10-. The molecule has 0 amide bonds. The molecule has 14 heavy (non-hydrogen) atoms. The summed E-state index contributed by atoms with van der Waals surface area (Å²) in [5, 5.41) is 4.10. The molecular formula is C11H14N2O. The largest absolute Gasteiger partial charge is 0.396 e. The fourth-order valence-corrected chi connectivity index (χ4v) is 1.70. The first kappa shape index (κ1) is 9.19. The highest BCUT2D eigenvalue weighted by Gasteiger charge is 2.16. The van der Waals surface area contributed by atoms with E-state index in [0.717, 1.165) is 30.7 Å². The van der Waals surface area contributed by atoms with Crippen molar-refractivity contribution in [3.05, 3.63) is 29.6 Å². The van der Waals surface area contributed by atoms with Crippen molar-refractivity contribution in [1.29, 1.82) is 0 Å². The summed E-state index contributed by atoms with van der Waals surface area (Å²) in [4.78, 5) is 9.42. The number of aromatic nitrogens is 1. The van der Waals surface area contributed by atoms with Crippen LogP contribution in [0, 0.1) is 0 Å². The van der Waals surface area contributed by atoms with Gasteiger partial charge in [0.05, 0.1) is 5.69 Å². The normalized spacial score (nSPS) is 17.9. The molecule has 0 aliphatic heterocycles. The molecule has 3 nitrogen and oxygen atoms in total. The molecule has 1 heterocycles. The highest BCUT2D eigenvalue weighted by Crippen LogP contribution is 2.19. The van der Waals surface area contributed by atoms with Gasteiger partial charge in [-0.15, -0.1) is 0 Å². The van der Waals surface area contributed by atoms with Gasteiger partial charge in [0.25, 0.3) is 0 Å². The summed E-state index contributed by atoms with van der Waals surface area (Å²) in [6, 6.07) is 4.09. The Morgan fingerprint density at radius 3 is 3.29 bits per heavy atom. The van der Waals surface area contributed by atoms with Crippen LogP contribution in [0.4, 0.5) is 0 Å². The average Bonchev–Trinajstić information content (AvgIpc) is 2.26. The number of aryl methyl sites for hydroxylation is 1. The summed E-state index contributed by atoms with van der Waals surface area (Å²) < 4.78 is 0. The minimum Gasteiger partial charge on any atom is -0.396 e. The Hall–Kier alpha value is -1.38. The van der Waals surface area contributed by atoms with Crippen LogP contribution in [-0.2, 0) is 11.3 Å². The van der Waals surface area contributed by atoms with E-state index >= 15 is 0 Å². The lowest BCUT2D eigenvalue weighted by Gasteiger charge is -2.15. The topological polar surface area (TPSA) is 34.5 Å². The molecule has 0 radical (unpaired) electrons. The minimum absolute atomic E-state index is 0.617. The molecule has 0 unspecified atom stereocenters. The fourth-order valence-electron chi connectivity index (χ4n) is 1.70. The van der Waals surface area contributed by atoms with E-state index in [1.165, 1.54) is 5.56 Å². The second-order valence-electron chi connectivity index (χ2n) is 3.32. The third kappa shape index (κ3) is 1.76. The molecule has 0 spiro atoms. The lowest BCUT2D eigenvalue weighted by molar-refractivity contribution is 0.158. The second-order valence-corrected chi connectivity index (χ2v) is 3.32. The molecule has 0 saturated heterocycles. The predicted octanol–water partition coefficient (Wildman–Crippen LogP) is 2.16. The van der Waals surface area contributed by atoms with E-state index in [1.807, 2.05) is 19.2 Å². The Morgan fingerprint density at radius 1 is 1.50 bits per heavy atom. The van der Waals surface area contributed by atoms with Crippen molar-refractivity contribution < 1.29 is 4.84 Å². The summed E-state index contributed by atoms with van der Waals surface area (Å²) in [6.45, 7) is 2.55. The first-order chi connectivity index (χ1) is 6.92. The third-order valence-corrected chi connectivity index (χ3v) is 2.33. The van der Waals surface area contributed by atoms with Crippen molar-refractivity contribution in [2.45, 2.75) is 26.2 Å². The summed E-state index contributed by atoms with van der Waals surface area (Å²) in [6.07, 6.45) is 5.04. The van der Waals surface area contributed by atoms with Crippen molar-refractivity contribution in [3.63, 3.8) is 0 Å². The van der Waals surface area contributed by atoms with E-state index in [4.69, 9.17) is 4.84 Å². The van der Waals surface area contributed by atoms with Crippen molar-refractivity contribution in [3.8, 4) is 0 Å². The number of hydrogen-bond acceptors (Lipinski definition) is 3. The van der Waals surface area contributed by atoms with Gasteiger partial charge < -0.3 is 4.84 Å². The molecule has 1 aliphatic rings. The Morgan fingerprint density at radius 2 is 2.43 bits per heavy atom. The van der Waals surface area contributed by atoms with Gasteiger partial charge in [-0.05, 0) is 37.8 Å². The maximum Gasteiger partial charge on any atom is 0.114 e. The number of fused-ring (bicyclic) bond motifs is 1. The third-order valence-electron chi connectivity index (χ3n) is 2.33. The first-order valence-electron chi connectivity index (χ1n) is 5.05. The van der Waals surface area contributed by atoms with Crippen LogP contribution in [0.2, 0.25) is 0 Å². The van der Waals surface area contributed by atoms with Gasteiger partial charge in [0.15, 0.2) is 0 Å². The van der Waals surface area contributed by atoms with Gasteiger partial charge in [-0.3, -0.25) is 4.98 Å². The van der Waals surface area contributed by atoms with Gasteiger partial charge >= 0.3 is 0 Å². The van der Waals surface area contributed by atoms with Gasteiger partial charge in [0.1, 0.15) is 12.3 Å². The van der Waals surface area contributed by atoms with Gasteiger partial charge in [-0.25, -0.2) is 0 Å². The lowest BCUT2D eigenvalue weighted by Crippen LogP contribution is -2.14. The van der Waals surface area contributed by atoms with Gasteiger partial charge in [0.2, 0.25) is 0 Å². The van der Waals surface area contributed by atoms with Crippen LogP contribution in [0.3, 0.4) is 0 Å². The van der Waals surface area contributed by atoms with Crippen LogP contribution >= 0.6 is 0 Å². The molecular weight excluding hydrogens is 176 g/mol. The molecule has 0 atom stereocenters. The number of hydrogen-bond donors (Lipinski definition) is 0. The zero-order chi connectivity index (χ0) is 9.80. The monoisotopic (exact) mass is 190 g/mol. The predicted molar refractivity (Wildman–Crippen MR) is 55.3 cm³/mol. The van der Waals surface area contributed by atoms with Crippen molar-refractivity contribution in [2.24, 2.45) is 5.16 Å². The molecule has 1 aromatic heterocycles. The Balaban J connectivity index is 2.31. The van der Waals surface area contributed by atoms with Gasteiger partial charge in [-0.1, -0.05) is 11.2 Å². The molecule has 0 N–H and O–H groups in total. The average molecular weight is 190 g/mol. The number of pyridine rings is 1. The Kier molecular flexibility index (Phi) is 2.77. The molecule has 0 fully saturated rings. The van der Waals surface area contributed by atoms with Crippen molar-refractivity contribution >= 4 is 5.71 Å². The maximum absolute atomic E-state index is 5.08. The van der Waals surface area contributed by atoms with Crippen LogP contribution in [-0.4, -0.2) is 17.3 Å². The fraction of sp³-hybridized carbons (Fsp3) is 0.455. The Labute approximate surface area is 83.8 Å². The van der Waals surface area contributed by atoms with E-state index in [2.05, 4.69) is 16.2 Å². The molecule has 74 valence electrons. The van der Waals surface area contributed by atoms with Crippen LogP contribution in [0.15, 0.2) is 23.5 Å². The molecule has 2 rings (SSSR count). The van der Waals surface area contributed by atoms with Crippen molar-refractivity contribution in [1.82, 2.24) is 4.98 Å². The summed E-state index contributed by atoms with van der Waals surface area (Å²) in [7, 11) is 0. The van der Waals surface area contributed by atoms with Gasteiger partial charge in [-0.2, -0.15) is 0 Å². The SMILES string of the molecule is CCO/N=C1/CCCc2cccnc21. The van der Waals surface area contributed by atoms with E-state index in [0.29, 0.717) is 6.61 Å². The summed E-state index contributed by atoms with van der Waals surface area (Å²) in [5.41, 5.74) is 3.30. The molecule has 0 bridgehead atoms. The van der Waals surface area contributed by atoms with E-state index < -0.39 is 0 Å². The van der Waals surface area contributed by atoms with Crippen LogP contribution in [0.5, 0.6) is 0 Å². The summed E-state index contributed by atoms with van der Waals surface area (Å²) in [5.74, 6) is 0. The smallest absolute Gasteiger partial charge is 0.114 e. The number of rotatable bonds is 2. The first-order valence-corrected chi connectivity index (χ1v) is 5.05. The second kappa shape index (κ2) is 4.22. The van der Waals surface area contributed by atoms with Crippen LogP contribution in [0.1, 0.15) is 31.0 Å².